The molecule has 0 spiro atoms. The first-order chi connectivity index (χ1) is 7.66. The molecule has 2 unspecified atom stereocenters. The van der Waals surface area contributed by atoms with Crippen LogP contribution in [0.2, 0.25) is 0 Å². The van der Waals surface area contributed by atoms with Crippen LogP contribution in [0.3, 0.4) is 0 Å². The molecule has 1 N–H and O–H groups in total. The van der Waals surface area contributed by atoms with Crippen molar-refractivity contribution >= 4 is 11.3 Å². The number of nitrogens with one attached hydrogen (secondary N) is 1. The highest BCUT2D eigenvalue weighted by Gasteiger charge is 2.22. The lowest BCUT2D eigenvalue weighted by atomic mass is 10.1. The van der Waals surface area contributed by atoms with Crippen molar-refractivity contribution in [3.8, 4) is 0 Å². The van der Waals surface area contributed by atoms with Gasteiger partial charge in [0, 0.05) is 23.9 Å². The smallest absolute Gasteiger partial charge is 0.0943 e. The first-order valence-corrected chi connectivity index (χ1v) is 7.14. The van der Waals surface area contributed by atoms with Gasteiger partial charge in [0.25, 0.3) is 0 Å². The summed E-state index contributed by atoms with van der Waals surface area (Å²) in [6, 6.07) is 0.752. The van der Waals surface area contributed by atoms with Crippen LogP contribution in [0, 0.1) is 19.8 Å². The lowest BCUT2D eigenvalue weighted by Gasteiger charge is -2.16. The van der Waals surface area contributed by atoms with Crippen LogP contribution in [0.5, 0.6) is 0 Å². The molecule has 0 aliphatic heterocycles. The molecule has 90 valence electrons. The number of thiazole rings is 1. The Kier molecular flexibility index (Phi) is 3.98. The molecule has 1 fully saturated rings. The Morgan fingerprint density at radius 2 is 2.19 bits per heavy atom. The van der Waals surface area contributed by atoms with Crippen molar-refractivity contribution in [3.63, 3.8) is 0 Å². The highest BCUT2D eigenvalue weighted by molar-refractivity contribution is 7.11. The van der Waals surface area contributed by atoms with Gasteiger partial charge in [-0.1, -0.05) is 13.3 Å². The molecule has 1 heterocycles. The Morgan fingerprint density at radius 3 is 2.75 bits per heavy atom. The van der Waals surface area contributed by atoms with Crippen molar-refractivity contribution in [2.45, 2.75) is 52.5 Å². The largest absolute Gasteiger partial charge is 0.313 e. The zero-order chi connectivity index (χ0) is 11.5. The summed E-state index contributed by atoms with van der Waals surface area (Å²) in [5, 5.41) is 4.96. The van der Waals surface area contributed by atoms with E-state index in [4.69, 9.17) is 0 Å². The summed E-state index contributed by atoms with van der Waals surface area (Å²) in [6.07, 6.45) is 5.24. The van der Waals surface area contributed by atoms with Gasteiger partial charge >= 0.3 is 0 Å². The summed E-state index contributed by atoms with van der Waals surface area (Å²) >= 11 is 1.85. The molecule has 0 aromatic carbocycles. The summed E-state index contributed by atoms with van der Waals surface area (Å²) in [5.41, 5.74) is 1.20. The molecule has 0 saturated heterocycles. The number of nitrogens with zero attached hydrogens (tertiary/aromatic N) is 1. The Bertz CT molecular complexity index is 326. The molecule has 2 rings (SSSR count). The van der Waals surface area contributed by atoms with Crippen LogP contribution < -0.4 is 5.32 Å². The van der Waals surface area contributed by atoms with E-state index in [1.165, 1.54) is 34.8 Å². The molecule has 1 aliphatic rings. The van der Waals surface area contributed by atoms with Gasteiger partial charge in [-0.15, -0.1) is 11.3 Å². The van der Waals surface area contributed by atoms with Gasteiger partial charge in [-0.25, -0.2) is 4.98 Å². The van der Waals surface area contributed by atoms with E-state index in [0.717, 1.165) is 24.9 Å². The first kappa shape index (κ1) is 12.1. The SMILES string of the molecule is Cc1nc(CCNC2CCCC2C)sc1C. The minimum atomic E-state index is 0.752. The minimum Gasteiger partial charge on any atom is -0.313 e. The third-order valence-corrected chi connectivity index (χ3v) is 4.81. The Balaban J connectivity index is 1.75. The normalized spacial score (nSPS) is 25.2. The van der Waals surface area contributed by atoms with Crippen LogP contribution in [0.25, 0.3) is 0 Å². The van der Waals surface area contributed by atoms with Crippen molar-refractivity contribution in [3.05, 3.63) is 15.6 Å². The topological polar surface area (TPSA) is 24.9 Å². The Morgan fingerprint density at radius 1 is 1.38 bits per heavy atom. The van der Waals surface area contributed by atoms with Crippen LogP contribution in [-0.2, 0) is 6.42 Å². The zero-order valence-corrected chi connectivity index (χ0v) is 11.4. The van der Waals surface area contributed by atoms with Crippen LogP contribution in [0.4, 0.5) is 0 Å². The van der Waals surface area contributed by atoms with Crippen LogP contribution in [-0.4, -0.2) is 17.6 Å². The number of hydrogen-bond acceptors (Lipinski definition) is 3. The average molecular weight is 238 g/mol. The van der Waals surface area contributed by atoms with Gasteiger partial charge in [-0.3, -0.25) is 0 Å². The van der Waals surface area contributed by atoms with E-state index in [1.807, 2.05) is 11.3 Å². The maximum atomic E-state index is 4.57. The quantitative estimate of drug-likeness (QED) is 0.872. The monoisotopic (exact) mass is 238 g/mol. The van der Waals surface area contributed by atoms with Crippen LogP contribution >= 0.6 is 11.3 Å². The van der Waals surface area contributed by atoms with E-state index in [0.29, 0.717) is 0 Å². The van der Waals surface area contributed by atoms with Gasteiger partial charge in [-0.05, 0) is 32.6 Å². The fraction of sp³-hybridized carbons (Fsp3) is 0.769. The molecule has 1 aromatic heterocycles. The third kappa shape index (κ3) is 2.83. The maximum absolute atomic E-state index is 4.57. The summed E-state index contributed by atoms with van der Waals surface area (Å²) < 4.78 is 0. The molecule has 3 heteroatoms. The molecular formula is C13H22N2S. The fourth-order valence-corrected chi connectivity index (χ4v) is 3.39. The molecule has 0 bridgehead atoms. The minimum absolute atomic E-state index is 0.752. The number of hydrogen-bond donors (Lipinski definition) is 1. The lowest BCUT2D eigenvalue weighted by molar-refractivity contribution is 0.430. The molecule has 0 amide bonds. The second-order valence-corrected chi connectivity index (χ2v) is 6.26. The van der Waals surface area contributed by atoms with Gasteiger partial charge in [-0.2, -0.15) is 0 Å². The van der Waals surface area contributed by atoms with Crippen molar-refractivity contribution in [2.75, 3.05) is 6.54 Å². The number of aryl methyl sites for hydroxylation is 2. The summed E-state index contributed by atoms with van der Waals surface area (Å²) in [7, 11) is 0. The highest BCUT2D eigenvalue weighted by atomic mass is 32.1. The van der Waals surface area contributed by atoms with Gasteiger partial charge < -0.3 is 5.32 Å². The Hall–Kier alpha value is -0.410. The Labute approximate surface area is 102 Å². The first-order valence-electron chi connectivity index (χ1n) is 6.33. The van der Waals surface area contributed by atoms with Gasteiger partial charge in [0.15, 0.2) is 0 Å². The standard InChI is InChI=1S/C13H22N2S/c1-9-5-4-6-12(9)14-8-7-13-15-10(2)11(3)16-13/h9,12,14H,4-8H2,1-3H3. The summed E-state index contributed by atoms with van der Waals surface area (Å²) in [6.45, 7) is 7.70. The van der Waals surface area contributed by atoms with E-state index in [-0.39, 0.29) is 0 Å². The second-order valence-electron chi connectivity index (χ2n) is 4.97. The van der Waals surface area contributed by atoms with E-state index < -0.39 is 0 Å². The maximum Gasteiger partial charge on any atom is 0.0943 e. The van der Waals surface area contributed by atoms with Crippen molar-refractivity contribution in [1.29, 1.82) is 0 Å². The average Bonchev–Trinajstić information content (AvgIpc) is 2.76. The number of aromatic nitrogens is 1. The van der Waals surface area contributed by atoms with Gasteiger partial charge in [0.1, 0.15) is 0 Å². The molecule has 0 radical (unpaired) electrons. The van der Waals surface area contributed by atoms with E-state index in [2.05, 4.69) is 31.1 Å². The van der Waals surface area contributed by atoms with Crippen molar-refractivity contribution in [2.24, 2.45) is 5.92 Å². The lowest BCUT2D eigenvalue weighted by Crippen LogP contribution is -2.32. The highest BCUT2D eigenvalue weighted by Crippen LogP contribution is 2.24. The van der Waals surface area contributed by atoms with E-state index in [9.17, 15) is 0 Å². The molecule has 1 saturated carbocycles. The van der Waals surface area contributed by atoms with Crippen molar-refractivity contribution in [1.82, 2.24) is 10.3 Å². The molecule has 1 aliphatic carbocycles. The van der Waals surface area contributed by atoms with Crippen LogP contribution in [0.1, 0.15) is 41.8 Å². The zero-order valence-electron chi connectivity index (χ0n) is 10.5. The fourth-order valence-electron chi connectivity index (χ4n) is 2.46. The predicted octanol–water partition coefficient (Wildman–Crippen LogP) is 3.08. The molecular weight excluding hydrogens is 216 g/mol. The van der Waals surface area contributed by atoms with E-state index in [1.54, 1.807) is 0 Å². The third-order valence-electron chi connectivity index (χ3n) is 3.68. The molecule has 1 aromatic rings. The van der Waals surface area contributed by atoms with Gasteiger partial charge in [0.2, 0.25) is 0 Å². The van der Waals surface area contributed by atoms with E-state index >= 15 is 0 Å². The van der Waals surface area contributed by atoms with Crippen LogP contribution in [0.15, 0.2) is 0 Å². The summed E-state index contributed by atoms with van der Waals surface area (Å²) in [5.74, 6) is 0.861. The summed E-state index contributed by atoms with van der Waals surface area (Å²) in [4.78, 5) is 5.94. The number of rotatable bonds is 4. The predicted molar refractivity (Wildman–Crippen MR) is 70.1 cm³/mol. The molecule has 2 nitrogen and oxygen atoms in total. The molecule has 16 heavy (non-hydrogen) atoms. The van der Waals surface area contributed by atoms with Crippen molar-refractivity contribution < 1.29 is 0 Å². The van der Waals surface area contributed by atoms with Gasteiger partial charge in [0.05, 0.1) is 10.7 Å². The second kappa shape index (κ2) is 5.28. The molecule has 2 atom stereocenters.